The van der Waals surface area contributed by atoms with Crippen LogP contribution < -0.4 is 4.90 Å². The molecular formula is C12H15B2BrN4. The van der Waals surface area contributed by atoms with Crippen molar-refractivity contribution in [2.45, 2.75) is 18.7 Å². The number of aromatic nitrogens is 3. The maximum Gasteiger partial charge on any atom is 0.151 e. The van der Waals surface area contributed by atoms with Crippen molar-refractivity contribution < 1.29 is 0 Å². The molecule has 0 atom stereocenters. The summed E-state index contributed by atoms with van der Waals surface area (Å²) in [5, 5.41) is 4.46. The maximum absolute atomic E-state index is 4.70. The molecule has 0 amide bonds. The maximum atomic E-state index is 4.70. The molecule has 2 aromatic rings. The van der Waals surface area contributed by atoms with Crippen molar-refractivity contribution in [1.82, 2.24) is 14.8 Å². The molecule has 7 heteroatoms. The van der Waals surface area contributed by atoms with E-state index in [1.54, 1.807) is 0 Å². The van der Waals surface area contributed by atoms with Gasteiger partial charge >= 0.3 is 0 Å². The molecule has 19 heavy (non-hydrogen) atoms. The lowest BCUT2D eigenvalue weighted by molar-refractivity contribution is 0.658. The average molecular weight is 317 g/mol. The second-order valence-corrected chi connectivity index (χ2v) is 6.20. The van der Waals surface area contributed by atoms with Gasteiger partial charge in [-0.3, -0.25) is 0 Å². The lowest BCUT2D eigenvalue weighted by Gasteiger charge is -2.42. The number of hydrogen-bond acceptors (Lipinski definition) is 3. The predicted octanol–water partition coefficient (Wildman–Crippen LogP) is 0.418. The second-order valence-electron chi connectivity index (χ2n) is 5.34. The zero-order chi connectivity index (χ0) is 13.8. The first-order valence-electron chi connectivity index (χ1n) is 6.46. The fourth-order valence-corrected chi connectivity index (χ4v) is 3.13. The summed E-state index contributed by atoms with van der Waals surface area (Å²) >= 11 is 3.65. The molecule has 0 spiro atoms. The monoisotopic (exact) mass is 316 g/mol. The van der Waals surface area contributed by atoms with E-state index >= 15 is 0 Å². The molecule has 0 saturated heterocycles. The van der Waals surface area contributed by atoms with Crippen molar-refractivity contribution in [2.75, 3.05) is 11.9 Å². The van der Waals surface area contributed by atoms with E-state index in [0.29, 0.717) is 0 Å². The Labute approximate surface area is 123 Å². The molecule has 1 aliphatic rings. The van der Waals surface area contributed by atoms with Gasteiger partial charge < -0.3 is 4.90 Å². The van der Waals surface area contributed by atoms with Gasteiger partial charge in [0.15, 0.2) is 5.82 Å². The lowest BCUT2D eigenvalue weighted by Crippen LogP contribution is -2.50. The van der Waals surface area contributed by atoms with Crippen molar-refractivity contribution in [2.24, 2.45) is 0 Å². The highest BCUT2D eigenvalue weighted by Crippen LogP contribution is 2.41. The Morgan fingerprint density at radius 3 is 2.79 bits per heavy atom. The normalized spacial score (nSPS) is 16.1. The van der Waals surface area contributed by atoms with Crippen LogP contribution in [0.4, 0.5) is 5.69 Å². The Hall–Kier alpha value is -1.23. The quantitative estimate of drug-likeness (QED) is 0.715. The smallest absolute Gasteiger partial charge is 0.151 e. The molecule has 0 N–H and O–H groups in total. The summed E-state index contributed by atoms with van der Waals surface area (Å²) in [6.45, 7) is 2.08. The molecule has 1 aliphatic heterocycles. The summed E-state index contributed by atoms with van der Waals surface area (Å²) in [6, 6.07) is 6.18. The molecule has 3 rings (SSSR count). The Kier molecular flexibility index (Phi) is 2.78. The summed E-state index contributed by atoms with van der Waals surface area (Å²) in [5.41, 5.74) is 2.24. The van der Waals surface area contributed by atoms with Crippen LogP contribution in [0.1, 0.15) is 18.6 Å². The Bertz CT molecular complexity index is 653. The second kappa shape index (κ2) is 4.13. The minimum atomic E-state index is -0.183. The molecule has 0 radical (unpaired) electrons. The van der Waals surface area contributed by atoms with Crippen molar-refractivity contribution in [1.29, 1.82) is 0 Å². The highest BCUT2D eigenvalue weighted by Gasteiger charge is 2.38. The van der Waals surface area contributed by atoms with Gasteiger partial charge in [-0.2, -0.15) is 5.10 Å². The number of hydrogen-bond donors (Lipinski definition) is 0. The lowest BCUT2D eigenvalue weighted by atomic mass is 9.59. The fourth-order valence-electron chi connectivity index (χ4n) is 2.50. The van der Waals surface area contributed by atoms with Gasteiger partial charge in [0.1, 0.15) is 21.5 Å². The number of benzene rings is 1. The number of para-hydroxylation sites is 1. The van der Waals surface area contributed by atoms with Crippen LogP contribution in [-0.2, 0) is 11.8 Å². The highest BCUT2D eigenvalue weighted by atomic mass is 79.9. The minimum absolute atomic E-state index is 0.183. The van der Waals surface area contributed by atoms with Crippen LogP contribution in [-0.4, -0.2) is 37.5 Å². The van der Waals surface area contributed by atoms with E-state index in [2.05, 4.69) is 67.7 Å². The van der Waals surface area contributed by atoms with Gasteiger partial charge in [0.25, 0.3) is 0 Å². The third kappa shape index (κ3) is 1.67. The third-order valence-electron chi connectivity index (χ3n) is 3.88. The standard InChI is InChI=1S/C12H15B2BrN4/c1-3-9-16-11-12(13,14)18(2)10-7(15)5-4-6-8(10)19(11)17-9/h4-6H,3,13-14H2,1-2H3. The van der Waals surface area contributed by atoms with Crippen LogP contribution in [0.25, 0.3) is 5.69 Å². The van der Waals surface area contributed by atoms with Gasteiger partial charge in [-0.25, -0.2) is 9.67 Å². The molecule has 0 fully saturated rings. The van der Waals surface area contributed by atoms with Gasteiger partial charge in [0.2, 0.25) is 0 Å². The van der Waals surface area contributed by atoms with Crippen molar-refractivity contribution in [3.8, 4) is 5.69 Å². The van der Waals surface area contributed by atoms with Gasteiger partial charge in [-0.05, 0) is 28.1 Å². The number of anilines is 1. The van der Waals surface area contributed by atoms with Crippen LogP contribution in [0, 0.1) is 0 Å². The number of rotatable bonds is 1. The Morgan fingerprint density at radius 1 is 1.37 bits per heavy atom. The molecular weight excluding hydrogens is 302 g/mol. The summed E-state index contributed by atoms with van der Waals surface area (Å²) in [5.74, 6) is 1.89. The summed E-state index contributed by atoms with van der Waals surface area (Å²) in [6.07, 6.45) is 0.850. The summed E-state index contributed by atoms with van der Waals surface area (Å²) in [4.78, 5) is 6.96. The minimum Gasteiger partial charge on any atom is -0.375 e. The predicted molar refractivity (Wildman–Crippen MR) is 85.6 cm³/mol. The van der Waals surface area contributed by atoms with Crippen LogP contribution in [0.2, 0.25) is 0 Å². The molecule has 0 bridgehead atoms. The topological polar surface area (TPSA) is 34.0 Å². The van der Waals surface area contributed by atoms with Crippen LogP contribution in [0.3, 0.4) is 0 Å². The average Bonchev–Trinajstić information content (AvgIpc) is 2.81. The van der Waals surface area contributed by atoms with Crippen LogP contribution in [0.15, 0.2) is 22.7 Å². The molecule has 0 saturated carbocycles. The summed E-state index contributed by atoms with van der Waals surface area (Å²) in [7, 11) is 6.46. The molecule has 2 heterocycles. The van der Waals surface area contributed by atoms with E-state index in [4.69, 9.17) is 4.98 Å². The van der Waals surface area contributed by atoms with Crippen molar-refractivity contribution in [3.63, 3.8) is 0 Å². The first-order valence-corrected chi connectivity index (χ1v) is 7.25. The number of aryl methyl sites for hydroxylation is 1. The zero-order valence-electron chi connectivity index (χ0n) is 11.6. The van der Waals surface area contributed by atoms with Gasteiger partial charge in [0, 0.05) is 23.3 Å². The molecule has 0 aliphatic carbocycles. The SMILES string of the molecule is BC1(B)c2nc(CC)nn2-c2cccc(Br)c2N1C. The molecule has 1 aromatic carbocycles. The first-order chi connectivity index (χ1) is 8.96. The van der Waals surface area contributed by atoms with Gasteiger partial charge in [0.05, 0.1) is 11.4 Å². The van der Waals surface area contributed by atoms with Crippen molar-refractivity contribution >= 4 is 37.3 Å². The zero-order valence-corrected chi connectivity index (χ0v) is 13.2. The summed E-state index contributed by atoms with van der Waals surface area (Å²) < 4.78 is 3.07. The molecule has 0 unspecified atom stereocenters. The number of fused-ring (bicyclic) bond motifs is 3. The van der Waals surface area contributed by atoms with E-state index < -0.39 is 0 Å². The Morgan fingerprint density at radius 2 is 2.11 bits per heavy atom. The van der Waals surface area contributed by atoms with E-state index in [1.165, 1.54) is 0 Å². The van der Waals surface area contributed by atoms with Crippen LogP contribution >= 0.6 is 15.9 Å². The number of nitrogens with zero attached hydrogens (tertiary/aromatic N) is 4. The van der Waals surface area contributed by atoms with Crippen LogP contribution in [0.5, 0.6) is 0 Å². The van der Waals surface area contributed by atoms with Gasteiger partial charge in [-0.1, -0.05) is 13.0 Å². The van der Waals surface area contributed by atoms with Gasteiger partial charge in [-0.15, -0.1) is 0 Å². The number of halogens is 1. The first kappa shape index (κ1) is 12.8. The molecule has 96 valence electrons. The van der Waals surface area contributed by atoms with E-state index in [0.717, 1.165) is 33.9 Å². The largest absolute Gasteiger partial charge is 0.375 e. The fraction of sp³-hybridized carbons (Fsp3) is 0.333. The third-order valence-corrected chi connectivity index (χ3v) is 4.52. The molecule has 4 nitrogen and oxygen atoms in total. The van der Waals surface area contributed by atoms with E-state index in [9.17, 15) is 0 Å². The van der Waals surface area contributed by atoms with E-state index in [1.807, 2.05) is 10.7 Å². The molecule has 1 aromatic heterocycles. The Balaban J connectivity index is 2.35. The van der Waals surface area contributed by atoms with Crippen molar-refractivity contribution in [3.05, 3.63) is 34.3 Å². The highest BCUT2D eigenvalue weighted by molar-refractivity contribution is 9.10. The van der Waals surface area contributed by atoms with E-state index in [-0.39, 0.29) is 5.34 Å².